The molecule has 0 aromatic carbocycles. The zero-order chi connectivity index (χ0) is 10.4. The molecule has 0 aliphatic rings. The van der Waals surface area contributed by atoms with Crippen LogP contribution in [0.2, 0.25) is 0 Å². The highest BCUT2D eigenvalue weighted by Crippen LogP contribution is 2.11. The van der Waals surface area contributed by atoms with E-state index in [2.05, 4.69) is 4.98 Å². The van der Waals surface area contributed by atoms with Gasteiger partial charge in [-0.15, -0.1) is 0 Å². The zero-order valence-electron chi connectivity index (χ0n) is 8.06. The molecule has 14 heavy (non-hydrogen) atoms. The van der Waals surface area contributed by atoms with Crippen LogP contribution in [0.3, 0.4) is 0 Å². The minimum Gasteiger partial charge on any atom is -0.494 e. The molecule has 0 spiro atoms. The highest BCUT2D eigenvalue weighted by Gasteiger charge is 2.01. The van der Waals surface area contributed by atoms with Gasteiger partial charge in [-0.25, -0.2) is 0 Å². The third-order valence-corrected chi connectivity index (χ3v) is 1.69. The third-order valence-electron chi connectivity index (χ3n) is 1.69. The van der Waals surface area contributed by atoms with Gasteiger partial charge in [-0.3, -0.25) is 9.78 Å². The highest BCUT2D eigenvalue weighted by atomic mass is 16.5. The number of hydrogen-bond acceptors (Lipinski definition) is 3. The van der Waals surface area contributed by atoms with Crippen molar-refractivity contribution < 1.29 is 14.6 Å². The lowest BCUT2D eigenvalue weighted by molar-refractivity contribution is -0.136. The summed E-state index contributed by atoms with van der Waals surface area (Å²) in [6.45, 7) is 2.50. The van der Waals surface area contributed by atoms with Gasteiger partial charge in [-0.2, -0.15) is 0 Å². The summed E-state index contributed by atoms with van der Waals surface area (Å²) in [5.41, 5.74) is 0.748. The molecule has 0 radical (unpaired) electrons. The molecule has 0 saturated carbocycles. The Hall–Kier alpha value is -1.58. The molecule has 0 bridgehead atoms. The van der Waals surface area contributed by atoms with Gasteiger partial charge in [0.1, 0.15) is 5.75 Å². The summed E-state index contributed by atoms with van der Waals surface area (Å²) in [5.74, 6) is -0.0727. The van der Waals surface area contributed by atoms with Gasteiger partial charge in [0.25, 0.3) is 0 Å². The van der Waals surface area contributed by atoms with Crippen LogP contribution in [0.15, 0.2) is 18.3 Å². The van der Waals surface area contributed by atoms with Crippen LogP contribution in [-0.4, -0.2) is 22.7 Å². The molecule has 4 nitrogen and oxygen atoms in total. The van der Waals surface area contributed by atoms with Gasteiger partial charge >= 0.3 is 5.97 Å². The Morgan fingerprint density at radius 1 is 1.64 bits per heavy atom. The van der Waals surface area contributed by atoms with Crippen molar-refractivity contribution in [2.75, 3.05) is 6.61 Å². The molecule has 0 atom stereocenters. The van der Waals surface area contributed by atoms with Crippen molar-refractivity contribution in [3.8, 4) is 5.75 Å². The predicted octanol–water partition coefficient (Wildman–Crippen LogP) is 1.50. The van der Waals surface area contributed by atoms with E-state index in [1.54, 1.807) is 18.3 Å². The maximum atomic E-state index is 10.3. The van der Waals surface area contributed by atoms with Crippen molar-refractivity contribution in [3.63, 3.8) is 0 Å². The van der Waals surface area contributed by atoms with Crippen molar-refractivity contribution >= 4 is 5.97 Å². The Bertz CT molecular complexity index is 312. The molecule has 1 rings (SSSR count). The first-order valence-electron chi connectivity index (χ1n) is 4.52. The molecule has 1 aromatic heterocycles. The molecule has 0 saturated heterocycles. The van der Waals surface area contributed by atoms with Crippen LogP contribution in [0.1, 0.15) is 19.0 Å². The Kier molecular flexibility index (Phi) is 3.91. The molecule has 0 aliphatic carbocycles. The lowest BCUT2D eigenvalue weighted by Crippen LogP contribution is -2.00. The number of carbonyl (C=O) groups is 1. The fourth-order valence-corrected chi connectivity index (χ4v) is 1.08. The first-order valence-corrected chi connectivity index (χ1v) is 4.52. The standard InChI is InChI=1S/C10H13NO3/c1-2-14-9-5-6-11-8(7-9)3-4-10(12)13/h5-7H,2-4H2,1H3,(H,12,13). The first-order chi connectivity index (χ1) is 6.72. The van der Waals surface area contributed by atoms with Crippen molar-refractivity contribution in [1.82, 2.24) is 4.98 Å². The van der Waals surface area contributed by atoms with Gasteiger partial charge < -0.3 is 9.84 Å². The van der Waals surface area contributed by atoms with Gasteiger partial charge in [0.2, 0.25) is 0 Å². The molecule has 0 fully saturated rings. The van der Waals surface area contributed by atoms with Crippen molar-refractivity contribution in [3.05, 3.63) is 24.0 Å². The average Bonchev–Trinajstić information content (AvgIpc) is 2.16. The molecule has 0 amide bonds. The summed E-state index contributed by atoms with van der Waals surface area (Å²) in [6.07, 6.45) is 2.17. The second kappa shape index (κ2) is 5.21. The number of aromatic nitrogens is 1. The Balaban J connectivity index is 2.58. The maximum Gasteiger partial charge on any atom is 0.303 e. The van der Waals surface area contributed by atoms with E-state index >= 15 is 0 Å². The summed E-state index contributed by atoms with van der Waals surface area (Å²) in [6, 6.07) is 3.53. The molecule has 1 N–H and O–H groups in total. The van der Waals surface area contributed by atoms with E-state index in [1.165, 1.54) is 0 Å². The summed E-state index contributed by atoms with van der Waals surface area (Å²) >= 11 is 0. The zero-order valence-corrected chi connectivity index (χ0v) is 8.06. The van der Waals surface area contributed by atoms with Gasteiger partial charge in [-0.1, -0.05) is 0 Å². The number of hydrogen-bond donors (Lipinski definition) is 1. The van der Waals surface area contributed by atoms with Crippen molar-refractivity contribution in [2.24, 2.45) is 0 Å². The first kappa shape index (κ1) is 10.5. The van der Waals surface area contributed by atoms with E-state index in [0.717, 1.165) is 11.4 Å². The smallest absolute Gasteiger partial charge is 0.303 e. The fraction of sp³-hybridized carbons (Fsp3) is 0.400. The summed E-state index contributed by atoms with van der Waals surface area (Å²) in [4.78, 5) is 14.4. The second-order valence-electron chi connectivity index (χ2n) is 2.81. The summed E-state index contributed by atoms with van der Waals surface area (Å²) in [7, 11) is 0. The molecule has 1 heterocycles. The number of carboxylic acid groups (broad SMARTS) is 1. The number of nitrogens with zero attached hydrogens (tertiary/aromatic N) is 1. The topological polar surface area (TPSA) is 59.4 Å². The van der Waals surface area contributed by atoms with Crippen LogP contribution < -0.4 is 4.74 Å². The molecule has 0 unspecified atom stereocenters. The van der Waals surface area contributed by atoms with Crippen LogP contribution in [-0.2, 0) is 11.2 Å². The monoisotopic (exact) mass is 195 g/mol. The van der Waals surface area contributed by atoms with Gasteiger partial charge in [-0.05, 0) is 13.0 Å². The van der Waals surface area contributed by atoms with E-state index in [0.29, 0.717) is 13.0 Å². The molecule has 4 heteroatoms. The van der Waals surface area contributed by atoms with E-state index < -0.39 is 5.97 Å². The fourth-order valence-electron chi connectivity index (χ4n) is 1.08. The SMILES string of the molecule is CCOc1ccnc(CCC(=O)O)c1. The summed E-state index contributed by atoms with van der Waals surface area (Å²) < 4.78 is 5.27. The number of pyridine rings is 1. The Morgan fingerprint density at radius 3 is 3.07 bits per heavy atom. The van der Waals surface area contributed by atoms with Crippen LogP contribution in [0.4, 0.5) is 0 Å². The molecule has 76 valence electrons. The van der Waals surface area contributed by atoms with E-state index in [4.69, 9.17) is 9.84 Å². The lowest BCUT2D eigenvalue weighted by Gasteiger charge is -2.03. The van der Waals surface area contributed by atoms with Crippen LogP contribution in [0, 0.1) is 0 Å². The summed E-state index contributed by atoms with van der Waals surface area (Å²) in [5, 5.41) is 8.49. The molecular formula is C10H13NO3. The predicted molar refractivity (Wildman–Crippen MR) is 51.4 cm³/mol. The van der Waals surface area contributed by atoms with E-state index in [-0.39, 0.29) is 6.42 Å². The van der Waals surface area contributed by atoms with Crippen LogP contribution in [0.25, 0.3) is 0 Å². The highest BCUT2D eigenvalue weighted by molar-refractivity contribution is 5.66. The lowest BCUT2D eigenvalue weighted by atomic mass is 10.2. The molecule has 0 aliphatic heterocycles. The number of ether oxygens (including phenoxy) is 1. The van der Waals surface area contributed by atoms with Gasteiger partial charge in [0, 0.05) is 24.4 Å². The quantitative estimate of drug-likeness (QED) is 0.773. The van der Waals surface area contributed by atoms with E-state index in [9.17, 15) is 4.79 Å². The normalized spacial score (nSPS) is 9.79. The van der Waals surface area contributed by atoms with Gasteiger partial charge in [0.15, 0.2) is 0 Å². The largest absolute Gasteiger partial charge is 0.494 e. The minimum absolute atomic E-state index is 0.0998. The minimum atomic E-state index is -0.811. The van der Waals surface area contributed by atoms with Crippen LogP contribution >= 0.6 is 0 Å². The van der Waals surface area contributed by atoms with Crippen molar-refractivity contribution in [1.29, 1.82) is 0 Å². The number of aliphatic carboxylic acids is 1. The van der Waals surface area contributed by atoms with Gasteiger partial charge in [0.05, 0.1) is 13.0 Å². The second-order valence-corrected chi connectivity index (χ2v) is 2.81. The third kappa shape index (κ3) is 3.43. The van der Waals surface area contributed by atoms with E-state index in [1.807, 2.05) is 6.92 Å². The molecular weight excluding hydrogens is 182 g/mol. The average molecular weight is 195 g/mol. The Labute approximate surface area is 82.5 Å². The number of rotatable bonds is 5. The number of carboxylic acids is 1. The van der Waals surface area contributed by atoms with Crippen molar-refractivity contribution in [2.45, 2.75) is 19.8 Å². The molecule has 1 aromatic rings. The maximum absolute atomic E-state index is 10.3. The Morgan fingerprint density at radius 2 is 2.43 bits per heavy atom. The number of aryl methyl sites for hydroxylation is 1. The van der Waals surface area contributed by atoms with Crippen LogP contribution in [0.5, 0.6) is 5.75 Å².